The Morgan fingerprint density at radius 1 is 1.31 bits per heavy atom. The van der Waals surface area contributed by atoms with E-state index in [1.54, 1.807) is 6.33 Å². The highest BCUT2D eigenvalue weighted by Gasteiger charge is 2.31. The summed E-state index contributed by atoms with van der Waals surface area (Å²) in [5, 5.41) is 10.3. The summed E-state index contributed by atoms with van der Waals surface area (Å²) in [6.07, 6.45) is 3.77. The number of rotatable bonds is 3. The molecular weight excluding hydrogens is 352 g/mol. The molecule has 0 aromatic carbocycles. The molecule has 8 heteroatoms. The predicted octanol–water partition coefficient (Wildman–Crippen LogP) is 2.39. The van der Waals surface area contributed by atoms with E-state index in [0.717, 1.165) is 67.3 Å². The fourth-order valence-corrected chi connectivity index (χ4v) is 5.14. The number of piperazine rings is 1. The highest BCUT2D eigenvalue weighted by atomic mass is 32.1. The van der Waals surface area contributed by atoms with Gasteiger partial charge in [-0.1, -0.05) is 0 Å². The molecule has 26 heavy (non-hydrogen) atoms. The Morgan fingerprint density at radius 3 is 2.77 bits per heavy atom. The van der Waals surface area contributed by atoms with Crippen LogP contribution in [0, 0.1) is 6.92 Å². The van der Waals surface area contributed by atoms with Gasteiger partial charge >= 0.3 is 5.97 Å². The average molecular weight is 376 g/mol. The third-order valence-electron chi connectivity index (χ3n) is 5.54. The molecule has 2 aromatic heterocycles. The highest BCUT2D eigenvalue weighted by molar-refractivity contribution is 7.20. The summed E-state index contributed by atoms with van der Waals surface area (Å²) < 4.78 is 5.49. The molecule has 0 saturated carbocycles. The third kappa shape index (κ3) is 3.06. The Bertz CT molecular complexity index is 818. The minimum Gasteiger partial charge on any atom is -0.477 e. The van der Waals surface area contributed by atoms with Crippen LogP contribution >= 0.6 is 11.3 Å². The van der Waals surface area contributed by atoms with Gasteiger partial charge in [-0.15, -0.1) is 11.3 Å². The lowest BCUT2D eigenvalue weighted by molar-refractivity contribution is 0.0279. The molecule has 0 amide bonds. The topological polar surface area (TPSA) is 78.8 Å². The zero-order valence-electron chi connectivity index (χ0n) is 15.1. The van der Waals surface area contributed by atoms with Crippen molar-refractivity contribution in [3.8, 4) is 0 Å². The molecule has 1 N–H and O–H groups in total. The van der Waals surface area contributed by atoms with Gasteiger partial charge in [0.2, 0.25) is 0 Å². The number of fused-ring (bicyclic) bond motifs is 1. The van der Waals surface area contributed by atoms with Crippen molar-refractivity contribution in [1.29, 1.82) is 0 Å². The van der Waals surface area contributed by atoms with E-state index in [4.69, 9.17) is 4.74 Å². The summed E-state index contributed by atoms with van der Waals surface area (Å²) in [7, 11) is 0. The standard InChI is InChI=1S/C18H24N4O3S/c1-11-9-21(13-3-7-25-8-4-13)5-6-22(11)16-14-12(2)15(18(23)24)26-17(14)20-10-19-16/h10-11,13H,3-9H2,1-2H3,(H,23,24)/t11-/m1/s1. The van der Waals surface area contributed by atoms with Gasteiger partial charge in [-0.25, -0.2) is 14.8 Å². The molecule has 0 unspecified atom stereocenters. The van der Waals surface area contributed by atoms with E-state index in [-0.39, 0.29) is 0 Å². The normalized spacial score (nSPS) is 22.8. The number of carboxylic acids is 1. The van der Waals surface area contributed by atoms with E-state index >= 15 is 0 Å². The van der Waals surface area contributed by atoms with Crippen molar-refractivity contribution in [2.24, 2.45) is 0 Å². The third-order valence-corrected chi connectivity index (χ3v) is 6.73. The Labute approximate surface area is 156 Å². The fraction of sp³-hybridized carbons (Fsp3) is 0.611. The van der Waals surface area contributed by atoms with E-state index in [2.05, 4.69) is 26.7 Å². The first-order valence-corrected chi connectivity index (χ1v) is 9.93. The lowest BCUT2D eigenvalue weighted by atomic mass is 10.0. The summed E-state index contributed by atoms with van der Waals surface area (Å²) in [5.41, 5.74) is 0.771. The van der Waals surface area contributed by atoms with Gasteiger partial charge in [-0.3, -0.25) is 4.90 Å². The van der Waals surface area contributed by atoms with Crippen molar-refractivity contribution in [3.05, 3.63) is 16.8 Å². The Hall–Kier alpha value is -1.77. The van der Waals surface area contributed by atoms with Crippen LogP contribution in [0.4, 0.5) is 5.82 Å². The summed E-state index contributed by atoms with van der Waals surface area (Å²) in [4.78, 5) is 26.3. The maximum atomic E-state index is 11.5. The summed E-state index contributed by atoms with van der Waals surface area (Å²) >= 11 is 1.23. The van der Waals surface area contributed by atoms with E-state index in [1.807, 2.05) is 6.92 Å². The van der Waals surface area contributed by atoms with E-state index in [1.165, 1.54) is 11.3 Å². The van der Waals surface area contributed by atoms with Crippen LogP contribution in [0.25, 0.3) is 10.2 Å². The van der Waals surface area contributed by atoms with Crippen molar-refractivity contribution in [2.75, 3.05) is 37.7 Å². The molecule has 2 aliphatic rings. The van der Waals surface area contributed by atoms with Gasteiger partial charge in [0.1, 0.15) is 21.9 Å². The first-order chi connectivity index (χ1) is 12.6. The summed E-state index contributed by atoms with van der Waals surface area (Å²) in [6, 6.07) is 0.928. The maximum Gasteiger partial charge on any atom is 0.346 e. The van der Waals surface area contributed by atoms with E-state index in [9.17, 15) is 9.90 Å². The SMILES string of the molecule is Cc1c(C(=O)O)sc2ncnc(N3CCN(C4CCOCC4)C[C@H]3C)c12. The highest BCUT2D eigenvalue weighted by Crippen LogP contribution is 2.36. The number of aromatic carboxylic acids is 1. The number of nitrogens with zero attached hydrogens (tertiary/aromatic N) is 4. The molecule has 2 fully saturated rings. The van der Waals surface area contributed by atoms with E-state index < -0.39 is 5.97 Å². The van der Waals surface area contributed by atoms with Gasteiger partial charge in [-0.2, -0.15) is 0 Å². The molecule has 0 aliphatic carbocycles. The van der Waals surface area contributed by atoms with Crippen LogP contribution in [0.2, 0.25) is 0 Å². The Kier molecular flexibility index (Phi) is 4.81. The second kappa shape index (κ2) is 7.09. The molecule has 0 radical (unpaired) electrons. The minimum absolute atomic E-state index is 0.317. The van der Waals surface area contributed by atoms with Gasteiger partial charge in [0.15, 0.2) is 0 Å². The number of carbonyl (C=O) groups is 1. The van der Waals surface area contributed by atoms with Crippen molar-refractivity contribution in [2.45, 2.75) is 38.8 Å². The number of anilines is 1. The molecule has 0 bridgehead atoms. The van der Waals surface area contributed by atoms with Crippen LogP contribution in [-0.2, 0) is 4.74 Å². The smallest absolute Gasteiger partial charge is 0.346 e. The van der Waals surface area contributed by atoms with E-state index in [0.29, 0.717) is 17.0 Å². The summed E-state index contributed by atoms with van der Waals surface area (Å²) in [6.45, 7) is 8.68. The Balaban J connectivity index is 1.61. The van der Waals surface area contributed by atoms with Crippen molar-refractivity contribution < 1.29 is 14.6 Å². The summed E-state index contributed by atoms with van der Waals surface area (Å²) in [5.74, 6) is -0.0239. The van der Waals surface area contributed by atoms with Crippen molar-refractivity contribution in [3.63, 3.8) is 0 Å². The van der Waals surface area contributed by atoms with Crippen molar-refractivity contribution >= 4 is 33.3 Å². The van der Waals surface area contributed by atoms with Gasteiger partial charge in [-0.05, 0) is 32.3 Å². The second-order valence-electron chi connectivity index (χ2n) is 7.12. The molecule has 4 heterocycles. The van der Waals surface area contributed by atoms with Crippen molar-refractivity contribution in [1.82, 2.24) is 14.9 Å². The average Bonchev–Trinajstić information content (AvgIpc) is 3.00. The Morgan fingerprint density at radius 2 is 2.08 bits per heavy atom. The number of hydrogen-bond acceptors (Lipinski definition) is 7. The first kappa shape index (κ1) is 17.6. The van der Waals surface area contributed by atoms with Gasteiger partial charge in [0.25, 0.3) is 0 Å². The number of aromatic nitrogens is 2. The van der Waals surface area contributed by atoms with Crippen LogP contribution in [-0.4, -0.2) is 70.9 Å². The molecule has 2 saturated heterocycles. The maximum absolute atomic E-state index is 11.5. The molecule has 0 spiro atoms. The number of ether oxygens (including phenoxy) is 1. The fourth-order valence-electron chi connectivity index (χ4n) is 4.16. The molecule has 140 valence electrons. The molecule has 2 aromatic rings. The lowest BCUT2D eigenvalue weighted by Gasteiger charge is -2.44. The largest absolute Gasteiger partial charge is 0.477 e. The van der Waals surface area contributed by atoms with Crippen LogP contribution in [0.1, 0.15) is 35.0 Å². The number of carboxylic acid groups (broad SMARTS) is 1. The number of hydrogen-bond donors (Lipinski definition) is 1. The second-order valence-corrected chi connectivity index (χ2v) is 8.12. The molecule has 7 nitrogen and oxygen atoms in total. The molecule has 1 atom stereocenters. The van der Waals surface area contributed by atoms with Crippen LogP contribution < -0.4 is 4.90 Å². The van der Waals surface area contributed by atoms with Gasteiger partial charge < -0.3 is 14.7 Å². The predicted molar refractivity (Wildman–Crippen MR) is 101 cm³/mol. The zero-order chi connectivity index (χ0) is 18.3. The van der Waals surface area contributed by atoms with Crippen LogP contribution in [0.15, 0.2) is 6.33 Å². The quantitative estimate of drug-likeness (QED) is 0.881. The minimum atomic E-state index is -0.895. The monoisotopic (exact) mass is 376 g/mol. The van der Waals surface area contributed by atoms with Gasteiger partial charge in [0.05, 0.1) is 5.39 Å². The van der Waals surface area contributed by atoms with Crippen LogP contribution in [0.3, 0.4) is 0 Å². The first-order valence-electron chi connectivity index (χ1n) is 9.12. The lowest BCUT2D eigenvalue weighted by Crippen LogP contribution is -2.56. The van der Waals surface area contributed by atoms with Crippen LogP contribution in [0.5, 0.6) is 0 Å². The molecule has 2 aliphatic heterocycles. The number of aryl methyl sites for hydroxylation is 1. The zero-order valence-corrected chi connectivity index (χ0v) is 16.0. The number of thiophene rings is 1. The van der Waals surface area contributed by atoms with Gasteiger partial charge in [0, 0.05) is 44.9 Å². The molecule has 4 rings (SSSR count). The molecular formula is C18H24N4O3S.